The molecule has 0 saturated heterocycles. The minimum atomic E-state index is -0.445. The molecule has 2 aromatic carbocycles. The number of hydrazine groups is 1. The minimum Gasteiger partial charge on any atom is -0.374 e. The first-order valence-corrected chi connectivity index (χ1v) is 10.1. The summed E-state index contributed by atoms with van der Waals surface area (Å²) in [4.78, 5) is 13.6. The highest BCUT2D eigenvalue weighted by atomic mass is 79.9. The third-order valence-corrected chi connectivity index (χ3v) is 5.68. The summed E-state index contributed by atoms with van der Waals surface area (Å²) in [6.45, 7) is 1.70. The Kier molecular flexibility index (Phi) is 6.68. The van der Waals surface area contributed by atoms with Crippen molar-refractivity contribution in [2.24, 2.45) is 5.73 Å². The van der Waals surface area contributed by atoms with Crippen LogP contribution in [0.1, 0.15) is 5.56 Å². The van der Waals surface area contributed by atoms with Crippen molar-refractivity contribution >= 4 is 68.1 Å². The maximum Gasteiger partial charge on any atom is 0.262 e. The molecule has 12 heteroatoms. The molecule has 8 nitrogen and oxygen atoms in total. The van der Waals surface area contributed by atoms with E-state index in [9.17, 15) is 4.79 Å². The number of hydrogen-bond acceptors (Lipinski definition) is 5. The molecule has 0 saturated carbocycles. The summed E-state index contributed by atoms with van der Waals surface area (Å²) in [7, 11) is 0. The van der Waals surface area contributed by atoms with Gasteiger partial charge >= 0.3 is 0 Å². The van der Waals surface area contributed by atoms with Crippen LogP contribution in [0, 0.1) is 6.92 Å². The number of carbonyl (C=O) groups is 1. The Balaban J connectivity index is 1.74. The number of benzene rings is 2. The van der Waals surface area contributed by atoms with Crippen LogP contribution >= 0.6 is 51.3 Å². The number of halogens is 3. The number of aryl methyl sites for hydroxylation is 1. The van der Waals surface area contributed by atoms with Crippen LogP contribution in [0.25, 0.3) is 11.4 Å². The van der Waals surface area contributed by atoms with Crippen molar-refractivity contribution in [2.75, 3.05) is 5.01 Å². The van der Waals surface area contributed by atoms with E-state index in [4.69, 9.17) is 41.2 Å². The molecule has 1 aromatic heterocycles. The van der Waals surface area contributed by atoms with Crippen LogP contribution in [-0.4, -0.2) is 31.2 Å². The zero-order chi connectivity index (χ0) is 21.1. The first-order chi connectivity index (χ1) is 13.8. The normalized spacial score (nSPS) is 10.6. The van der Waals surface area contributed by atoms with E-state index in [-0.39, 0.29) is 17.5 Å². The number of carbonyl (C=O) groups excluding carboxylic acids is 1. The number of rotatable bonds is 4. The number of aromatic nitrogens is 4. The number of amides is 1. The Labute approximate surface area is 190 Å². The number of tetrazole rings is 1. The van der Waals surface area contributed by atoms with E-state index in [0.29, 0.717) is 21.3 Å². The van der Waals surface area contributed by atoms with E-state index in [2.05, 4.69) is 36.8 Å². The van der Waals surface area contributed by atoms with Crippen molar-refractivity contribution in [1.82, 2.24) is 25.6 Å². The van der Waals surface area contributed by atoms with Crippen LogP contribution in [0.15, 0.2) is 40.9 Å². The second kappa shape index (κ2) is 9.04. The molecule has 0 aliphatic carbocycles. The van der Waals surface area contributed by atoms with Gasteiger partial charge in [0.1, 0.15) is 6.54 Å². The van der Waals surface area contributed by atoms with Crippen molar-refractivity contribution in [1.29, 1.82) is 0 Å². The second-order valence-corrected chi connectivity index (χ2v) is 7.94. The van der Waals surface area contributed by atoms with Gasteiger partial charge < -0.3 is 5.73 Å². The molecule has 0 atom stereocenters. The van der Waals surface area contributed by atoms with Crippen LogP contribution in [0.5, 0.6) is 0 Å². The molecular formula is C17H14BrCl2N7OS. The largest absolute Gasteiger partial charge is 0.374 e. The number of anilines is 1. The van der Waals surface area contributed by atoms with Gasteiger partial charge in [-0.3, -0.25) is 10.2 Å². The van der Waals surface area contributed by atoms with Crippen LogP contribution in [-0.2, 0) is 11.3 Å². The van der Waals surface area contributed by atoms with Gasteiger partial charge in [0.05, 0.1) is 15.7 Å². The number of nitrogens with two attached hydrogens (primary N) is 1. The number of nitrogens with one attached hydrogen (secondary N) is 1. The van der Waals surface area contributed by atoms with Gasteiger partial charge in [-0.05, 0) is 60.3 Å². The molecule has 0 spiro atoms. The number of thiocarbonyl (C=S) groups is 1. The van der Waals surface area contributed by atoms with Gasteiger partial charge in [0.2, 0.25) is 5.82 Å². The molecule has 1 heterocycles. The van der Waals surface area contributed by atoms with E-state index in [0.717, 1.165) is 14.8 Å². The van der Waals surface area contributed by atoms with Gasteiger partial charge in [-0.25, -0.2) is 5.01 Å². The Morgan fingerprint density at radius 1 is 1.34 bits per heavy atom. The zero-order valence-electron chi connectivity index (χ0n) is 14.9. The predicted octanol–water partition coefficient (Wildman–Crippen LogP) is 3.50. The SMILES string of the molecule is Cc1cc(N(NC(=O)Cn2nnc(-c3cccc(Cl)c3Cl)n2)C(N)=S)ccc1Br. The topological polar surface area (TPSA) is 102 Å². The highest BCUT2D eigenvalue weighted by molar-refractivity contribution is 9.10. The van der Waals surface area contributed by atoms with Crippen LogP contribution in [0.4, 0.5) is 5.69 Å². The van der Waals surface area contributed by atoms with Crippen LogP contribution in [0.3, 0.4) is 0 Å². The Morgan fingerprint density at radius 3 is 2.79 bits per heavy atom. The van der Waals surface area contributed by atoms with Crippen molar-refractivity contribution in [3.05, 3.63) is 56.5 Å². The number of nitrogens with zero attached hydrogens (tertiary/aromatic N) is 5. The standard InChI is InChI=1S/C17H14BrCl2N7OS/c1-9-7-10(5-6-12(9)18)27(17(21)29)23-14(28)8-26-24-16(22-25-26)11-3-2-4-13(19)15(11)20/h2-7H,8H2,1H3,(H2,21,29)(H,23,28). The van der Waals surface area contributed by atoms with Gasteiger partial charge in [0.15, 0.2) is 5.11 Å². The predicted molar refractivity (Wildman–Crippen MR) is 120 cm³/mol. The lowest BCUT2D eigenvalue weighted by molar-refractivity contribution is -0.122. The fraction of sp³-hybridized carbons (Fsp3) is 0.118. The Hall–Kier alpha value is -2.27. The minimum absolute atomic E-state index is 0.0157. The molecule has 0 radical (unpaired) electrons. The van der Waals surface area contributed by atoms with Crippen molar-refractivity contribution in [3.8, 4) is 11.4 Å². The molecule has 1 amide bonds. The van der Waals surface area contributed by atoms with E-state index in [1.807, 2.05) is 19.1 Å². The van der Waals surface area contributed by atoms with Crippen LogP contribution < -0.4 is 16.2 Å². The van der Waals surface area contributed by atoms with E-state index >= 15 is 0 Å². The third kappa shape index (κ3) is 5.02. The maximum atomic E-state index is 12.5. The van der Waals surface area contributed by atoms with E-state index in [1.165, 1.54) is 5.01 Å². The Morgan fingerprint density at radius 2 is 2.10 bits per heavy atom. The molecule has 3 rings (SSSR count). The lowest BCUT2D eigenvalue weighted by Crippen LogP contribution is -2.50. The van der Waals surface area contributed by atoms with Gasteiger partial charge in [-0.15, -0.1) is 10.2 Å². The fourth-order valence-corrected chi connectivity index (χ4v) is 3.18. The maximum absolute atomic E-state index is 12.5. The molecule has 0 aliphatic heterocycles. The average molecular weight is 515 g/mol. The summed E-state index contributed by atoms with van der Waals surface area (Å²) in [6.07, 6.45) is 0. The van der Waals surface area contributed by atoms with Gasteiger partial charge in [-0.1, -0.05) is 45.2 Å². The molecule has 0 bridgehead atoms. The first kappa shape index (κ1) is 21.4. The Bertz CT molecular complexity index is 1090. The van der Waals surface area contributed by atoms with E-state index in [1.54, 1.807) is 24.3 Å². The number of hydrogen-bond donors (Lipinski definition) is 2. The van der Waals surface area contributed by atoms with Gasteiger partial charge in [-0.2, -0.15) is 4.80 Å². The summed E-state index contributed by atoms with van der Waals surface area (Å²) in [5.41, 5.74) is 10.5. The lowest BCUT2D eigenvalue weighted by Gasteiger charge is -2.23. The summed E-state index contributed by atoms with van der Waals surface area (Å²) < 4.78 is 0.925. The summed E-state index contributed by atoms with van der Waals surface area (Å²) in [6, 6.07) is 10.5. The quantitative estimate of drug-likeness (QED) is 0.405. The monoisotopic (exact) mass is 513 g/mol. The first-order valence-electron chi connectivity index (χ1n) is 8.13. The molecule has 0 aliphatic rings. The van der Waals surface area contributed by atoms with Gasteiger partial charge in [0.25, 0.3) is 5.91 Å². The zero-order valence-corrected chi connectivity index (χ0v) is 18.8. The van der Waals surface area contributed by atoms with Crippen molar-refractivity contribution < 1.29 is 4.79 Å². The highest BCUT2D eigenvalue weighted by Gasteiger charge is 2.17. The van der Waals surface area contributed by atoms with Gasteiger partial charge in [0, 0.05) is 10.0 Å². The molecule has 3 aromatic rings. The third-order valence-electron chi connectivity index (χ3n) is 3.79. The highest BCUT2D eigenvalue weighted by Crippen LogP contribution is 2.31. The second-order valence-electron chi connectivity index (χ2n) is 5.89. The van der Waals surface area contributed by atoms with E-state index < -0.39 is 5.91 Å². The molecule has 0 fully saturated rings. The molecular weight excluding hydrogens is 501 g/mol. The molecule has 3 N–H and O–H groups in total. The lowest BCUT2D eigenvalue weighted by atomic mass is 10.2. The summed E-state index contributed by atoms with van der Waals surface area (Å²) in [5, 5.41) is 13.9. The van der Waals surface area contributed by atoms with Crippen molar-refractivity contribution in [2.45, 2.75) is 13.5 Å². The molecule has 150 valence electrons. The molecule has 29 heavy (non-hydrogen) atoms. The summed E-state index contributed by atoms with van der Waals surface area (Å²) >= 11 is 20.7. The average Bonchev–Trinajstić information content (AvgIpc) is 3.12. The van der Waals surface area contributed by atoms with Crippen LogP contribution in [0.2, 0.25) is 10.0 Å². The smallest absolute Gasteiger partial charge is 0.262 e. The summed E-state index contributed by atoms with van der Waals surface area (Å²) in [5.74, 6) is -0.195. The molecule has 0 unspecified atom stereocenters. The fourth-order valence-electron chi connectivity index (χ4n) is 2.40. The van der Waals surface area contributed by atoms with Crippen molar-refractivity contribution in [3.63, 3.8) is 0 Å².